The molecule has 0 saturated carbocycles. The van der Waals surface area contributed by atoms with Gasteiger partial charge >= 0.3 is 5.97 Å². The summed E-state index contributed by atoms with van der Waals surface area (Å²) in [6.45, 7) is 1.64. The Balaban J connectivity index is 1.42. The third kappa shape index (κ3) is 4.80. The molecule has 8 nitrogen and oxygen atoms in total. The van der Waals surface area contributed by atoms with Gasteiger partial charge in [0.25, 0.3) is 5.91 Å². The molecule has 2 aliphatic rings. The summed E-state index contributed by atoms with van der Waals surface area (Å²) in [5.74, 6) is -1.17. The number of hydrogen-bond acceptors (Lipinski definition) is 6. The van der Waals surface area contributed by atoms with Gasteiger partial charge in [-0.15, -0.1) is 0 Å². The molecule has 2 heterocycles. The summed E-state index contributed by atoms with van der Waals surface area (Å²) < 4.78 is 37.4. The SMILES string of the molecule is O=C(OCC(=O)N1CCc2ccccc2C1)c1cc(S(=O)(=O)N2CCOCC2)ccc1Cl. The third-order valence-electron chi connectivity index (χ3n) is 5.58. The van der Waals surface area contributed by atoms with E-state index in [1.807, 2.05) is 24.3 Å². The average molecular weight is 479 g/mol. The number of ether oxygens (including phenoxy) is 2. The molecule has 0 aliphatic carbocycles. The molecule has 1 amide bonds. The zero-order valence-electron chi connectivity index (χ0n) is 17.3. The number of morpholine rings is 1. The molecule has 2 aliphatic heterocycles. The number of halogens is 1. The minimum Gasteiger partial charge on any atom is -0.452 e. The van der Waals surface area contributed by atoms with Gasteiger partial charge in [-0.3, -0.25) is 4.79 Å². The van der Waals surface area contributed by atoms with Crippen molar-refractivity contribution in [3.05, 3.63) is 64.2 Å². The van der Waals surface area contributed by atoms with E-state index in [9.17, 15) is 18.0 Å². The van der Waals surface area contributed by atoms with Crippen molar-refractivity contribution in [2.24, 2.45) is 0 Å². The first-order valence-corrected chi connectivity index (χ1v) is 12.1. The Hall–Kier alpha value is -2.46. The molecule has 2 aromatic rings. The second kappa shape index (κ2) is 9.58. The Labute approximate surface area is 191 Å². The molecule has 0 bridgehead atoms. The highest BCUT2D eigenvalue weighted by Gasteiger charge is 2.28. The first-order chi connectivity index (χ1) is 15.4. The van der Waals surface area contributed by atoms with Crippen LogP contribution in [-0.4, -0.2) is 69.0 Å². The van der Waals surface area contributed by atoms with Crippen LogP contribution in [0.4, 0.5) is 0 Å². The third-order valence-corrected chi connectivity index (χ3v) is 7.80. The standard InChI is InChI=1S/C22H23ClN2O6S/c23-20-6-5-18(32(28,29)25-9-11-30-12-10-25)13-19(20)22(27)31-15-21(26)24-8-7-16-3-1-2-4-17(16)14-24/h1-6,13H,7-12,14-15H2. The van der Waals surface area contributed by atoms with E-state index in [1.165, 1.54) is 28.1 Å². The van der Waals surface area contributed by atoms with E-state index in [2.05, 4.69) is 0 Å². The molecule has 0 spiro atoms. The molecule has 2 aromatic carbocycles. The summed E-state index contributed by atoms with van der Waals surface area (Å²) in [6, 6.07) is 11.8. The van der Waals surface area contributed by atoms with Gasteiger partial charge in [0.05, 0.1) is 28.7 Å². The van der Waals surface area contributed by atoms with Gasteiger partial charge < -0.3 is 14.4 Å². The maximum atomic E-state index is 12.9. The van der Waals surface area contributed by atoms with Crippen LogP contribution in [0.5, 0.6) is 0 Å². The number of sulfonamides is 1. The smallest absolute Gasteiger partial charge is 0.340 e. The van der Waals surface area contributed by atoms with Crippen molar-refractivity contribution in [1.82, 2.24) is 9.21 Å². The largest absolute Gasteiger partial charge is 0.452 e. The molecule has 0 unspecified atom stereocenters. The summed E-state index contributed by atoms with van der Waals surface area (Å²) in [6.07, 6.45) is 0.739. The van der Waals surface area contributed by atoms with Crippen LogP contribution in [0.3, 0.4) is 0 Å². The molecular weight excluding hydrogens is 456 g/mol. The lowest BCUT2D eigenvalue weighted by molar-refractivity contribution is -0.135. The Morgan fingerprint density at radius 3 is 2.50 bits per heavy atom. The Morgan fingerprint density at radius 1 is 1.03 bits per heavy atom. The zero-order chi connectivity index (χ0) is 22.7. The average Bonchev–Trinajstić information content (AvgIpc) is 2.82. The maximum absolute atomic E-state index is 12.9. The van der Waals surface area contributed by atoms with Crippen LogP contribution in [0.15, 0.2) is 47.4 Å². The fourth-order valence-corrected chi connectivity index (χ4v) is 5.39. The van der Waals surface area contributed by atoms with Gasteiger partial charge in [-0.25, -0.2) is 13.2 Å². The number of carbonyl (C=O) groups is 2. The first-order valence-electron chi connectivity index (χ1n) is 10.3. The summed E-state index contributed by atoms with van der Waals surface area (Å²) in [7, 11) is -3.80. The summed E-state index contributed by atoms with van der Waals surface area (Å²) >= 11 is 6.12. The highest BCUT2D eigenvalue weighted by Crippen LogP contribution is 2.24. The molecule has 170 valence electrons. The summed E-state index contributed by atoms with van der Waals surface area (Å²) in [5, 5.41) is 0.0512. The molecule has 0 aromatic heterocycles. The van der Waals surface area contributed by atoms with E-state index in [0.717, 1.165) is 12.0 Å². The van der Waals surface area contributed by atoms with Crippen molar-refractivity contribution in [1.29, 1.82) is 0 Å². The lowest BCUT2D eigenvalue weighted by Crippen LogP contribution is -2.40. The number of hydrogen-bond donors (Lipinski definition) is 0. The second-order valence-corrected chi connectivity index (χ2v) is 9.91. The van der Waals surface area contributed by atoms with Crippen LogP contribution in [0.25, 0.3) is 0 Å². The van der Waals surface area contributed by atoms with Gasteiger partial charge in [-0.1, -0.05) is 35.9 Å². The number of amides is 1. The maximum Gasteiger partial charge on any atom is 0.340 e. The number of nitrogens with zero attached hydrogens (tertiary/aromatic N) is 2. The molecule has 1 saturated heterocycles. The molecule has 4 rings (SSSR count). The molecule has 0 N–H and O–H groups in total. The predicted molar refractivity (Wildman–Crippen MR) is 117 cm³/mol. The predicted octanol–water partition coefficient (Wildman–Crippen LogP) is 2.10. The van der Waals surface area contributed by atoms with Crippen LogP contribution in [0.2, 0.25) is 5.02 Å². The highest BCUT2D eigenvalue weighted by molar-refractivity contribution is 7.89. The zero-order valence-corrected chi connectivity index (χ0v) is 18.9. The van der Waals surface area contributed by atoms with Gasteiger partial charge in [-0.05, 0) is 35.7 Å². The van der Waals surface area contributed by atoms with Gasteiger partial charge in [0.2, 0.25) is 10.0 Å². The van der Waals surface area contributed by atoms with Gasteiger partial charge in [-0.2, -0.15) is 4.31 Å². The molecule has 32 heavy (non-hydrogen) atoms. The lowest BCUT2D eigenvalue weighted by Gasteiger charge is -2.28. The van der Waals surface area contributed by atoms with Crippen molar-refractivity contribution in [2.75, 3.05) is 39.5 Å². The lowest BCUT2D eigenvalue weighted by atomic mass is 10.00. The molecule has 0 atom stereocenters. The van der Waals surface area contributed by atoms with E-state index in [-0.39, 0.29) is 34.5 Å². The minimum atomic E-state index is -3.80. The van der Waals surface area contributed by atoms with Crippen molar-refractivity contribution in [2.45, 2.75) is 17.9 Å². The van der Waals surface area contributed by atoms with Crippen molar-refractivity contribution in [3.63, 3.8) is 0 Å². The molecule has 1 fully saturated rings. The number of fused-ring (bicyclic) bond motifs is 1. The van der Waals surface area contributed by atoms with Crippen LogP contribution >= 0.6 is 11.6 Å². The van der Waals surface area contributed by atoms with Crippen molar-refractivity contribution >= 4 is 33.5 Å². The molecular formula is C22H23ClN2O6S. The normalized spacial score (nSPS) is 17.0. The number of rotatable bonds is 5. The minimum absolute atomic E-state index is 0.0512. The second-order valence-electron chi connectivity index (χ2n) is 7.57. The Kier molecular flexibility index (Phi) is 6.80. The van der Waals surface area contributed by atoms with E-state index >= 15 is 0 Å². The monoisotopic (exact) mass is 478 g/mol. The van der Waals surface area contributed by atoms with E-state index in [0.29, 0.717) is 26.3 Å². The van der Waals surface area contributed by atoms with Crippen LogP contribution in [0, 0.1) is 0 Å². The Morgan fingerprint density at radius 2 is 1.75 bits per heavy atom. The quantitative estimate of drug-likeness (QED) is 0.611. The summed E-state index contributed by atoms with van der Waals surface area (Å²) in [4.78, 5) is 26.7. The van der Waals surface area contributed by atoms with E-state index in [4.69, 9.17) is 21.1 Å². The highest BCUT2D eigenvalue weighted by atomic mass is 35.5. The topological polar surface area (TPSA) is 93.2 Å². The van der Waals surface area contributed by atoms with Crippen LogP contribution in [-0.2, 0) is 37.3 Å². The van der Waals surface area contributed by atoms with Gasteiger partial charge in [0.1, 0.15) is 0 Å². The number of carbonyl (C=O) groups excluding carboxylic acids is 2. The fourth-order valence-electron chi connectivity index (χ4n) is 3.76. The first kappa shape index (κ1) is 22.7. The molecule has 0 radical (unpaired) electrons. The van der Waals surface area contributed by atoms with Crippen molar-refractivity contribution in [3.8, 4) is 0 Å². The van der Waals surface area contributed by atoms with Crippen LogP contribution in [0.1, 0.15) is 21.5 Å². The fraction of sp³-hybridized carbons (Fsp3) is 0.364. The molecule has 10 heteroatoms. The number of benzene rings is 2. The summed E-state index contributed by atoms with van der Waals surface area (Å²) in [5.41, 5.74) is 2.18. The van der Waals surface area contributed by atoms with E-state index in [1.54, 1.807) is 4.90 Å². The van der Waals surface area contributed by atoms with E-state index < -0.39 is 22.6 Å². The Bertz CT molecular complexity index is 1130. The number of esters is 1. The van der Waals surface area contributed by atoms with Gasteiger partial charge in [0, 0.05) is 26.2 Å². The van der Waals surface area contributed by atoms with Crippen LogP contribution < -0.4 is 0 Å². The van der Waals surface area contributed by atoms with Crippen molar-refractivity contribution < 1.29 is 27.5 Å². The van der Waals surface area contributed by atoms with Gasteiger partial charge in [0.15, 0.2) is 6.61 Å².